The van der Waals surface area contributed by atoms with E-state index in [2.05, 4.69) is 37.9 Å². The summed E-state index contributed by atoms with van der Waals surface area (Å²) in [6.45, 7) is 8.89. The second-order valence-corrected chi connectivity index (χ2v) is 6.53. The summed E-state index contributed by atoms with van der Waals surface area (Å²) < 4.78 is 0. The number of rotatable bonds is 5. The van der Waals surface area contributed by atoms with E-state index in [0.717, 1.165) is 25.2 Å². The highest BCUT2D eigenvalue weighted by Crippen LogP contribution is 2.36. The third kappa shape index (κ3) is 2.56. The molecule has 1 saturated carbocycles. The third-order valence-corrected chi connectivity index (χ3v) is 4.44. The van der Waals surface area contributed by atoms with Crippen LogP contribution in [-0.4, -0.2) is 29.1 Å². The van der Waals surface area contributed by atoms with Gasteiger partial charge in [-0.1, -0.05) is 40.5 Å². The number of hydrogen-bond donors (Lipinski definition) is 1. The maximum atomic E-state index is 12.5. The molecule has 0 radical (unpaired) electrons. The van der Waals surface area contributed by atoms with Crippen molar-refractivity contribution in [1.82, 2.24) is 10.2 Å². The fraction of sp³-hybridized carbons (Fsp3) is 0.933. The maximum Gasteiger partial charge on any atom is 0.241 e. The number of amides is 1. The van der Waals surface area contributed by atoms with Crippen molar-refractivity contribution in [3.8, 4) is 0 Å². The quantitative estimate of drug-likeness (QED) is 0.816. The Labute approximate surface area is 111 Å². The minimum atomic E-state index is 0.0771. The van der Waals surface area contributed by atoms with Crippen LogP contribution < -0.4 is 5.32 Å². The van der Waals surface area contributed by atoms with Gasteiger partial charge in [0.15, 0.2) is 0 Å². The van der Waals surface area contributed by atoms with Gasteiger partial charge in [-0.2, -0.15) is 0 Å². The molecule has 0 aromatic carbocycles. The minimum absolute atomic E-state index is 0.0771. The summed E-state index contributed by atoms with van der Waals surface area (Å²) in [5.41, 5.74) is 0. The second kappa shape index (κ2) is 5.60. The van der Waals surface area contributed by atoms with Gasteiger partial charge in [0.05, 0.1) is 12.2 Å². The summed E-state index contributed by atoms with van der Waals surface area (Å²) in [5.74, 6) is 1.65. The van der Waals surface area contributed by atoms with Gasteiger partial charge in [0, 0.05) is 6.04 Å². The van der Waals surface area contributed by atoms with Gasteiger partial charge in [-0.15, -0.1) is 0 Å². The third-order valence-electron chi connectivity index (χ3n) is 4.44. The van der Waals surface area contributed by atoms with Gasteiger partial charge in [0.2, 0.25) is 5.91 Å². The average molecular weight is 252 g/mol. The van der Waals surface area contributed by atoms with Crippen LogP contribution in [0.1, 0.15) is 59.8 Å². The van der Waals surface area contributed by atoms with Crippen molar-refractivity contribution in [2.75, 3.05) is 0 Å². The van der Waals surface area contributed by atoms with Crippen LogP contribution in [0.3, 0.4) is 0 Å². The van der Waals surface area contributed by atoms with E-state index in [1.165, 1.54) is 12.8 Å². The van der Waals surface area contributed by atoms with Crippen LogP contribution in [0.25, 0.3) is 0 Å². The molecule has 0 spiro atoms. The molecule has 1 N–H and O–H groups in total. The highest BCUT2D eigenvalue weighted by Gasteiger charge is 2.46. The van der Waals surface area contributed by atoms with Gasteiger partial charge >= 0.3 is 0 Å². The molecule has 3 nitrogen and oxygen atoms in total. The Balaban J connectivity index is 2.02. The van der Waals surface area contributed by atoms with Gasteiger partial charge in [-0.25, -0.2) is 0 Å². The number of nitrogens with one attached hydrogen (secondary N) is 1. The van der Waals surface area contributed by atoms with Crippen LogP contribution in [0.5, 0.6) is 0 Å². The topological polar surface area (TPSA) is 32.3 Å². The molecule has 2 rings (SSSR count). The van der Waals surface area contributed by atoms with Gasteiger partial charge in [-0.05, 0) is 31.1 Å². The molecule has 1 amide bonds. The molecule has 0 bridgehead atoms. The Kier molecular flexibility index (Phi) is 4.31. The summed E-state index contributed by atoms with van der Waals surface area (Å²) in [6, 6.07) is 0.576. The Bertz CT molecular complexity index is 297. The molecular formula is C15H28N2O. The predicted octanol–water partition coefficient (Wildman–Crippen LogP) is 2.76. The lowest BCUT2D eigenvalue weighted by atomic mass is 9.80. The first-order chi connectivity index (χ1) is 8.54. The smallest absolute Gasteiger partial charge is 0.241 e. The lowest BCUT2D eigenvalue weighted by Gasteiger charge is -2.43. The Morgan fingerprint density at radius 2 is 2.06 bits per heavy atom. The first-order valence-electron chi connectivity index (χ1n) is 7.62. The largest absolute Gasteiger partial charge is 0.323 e. The highest BCUT2D eigenvalue weighted by atomic mass is 16.2. The number of nitrogens with zero attached hydrogens (tertiary/aromatic N) is 1. The van der Waals surface area contributed by atoms with Crippen molar-refractivity contribution in [2.45, 2.75) is 78.0 Å². The average Bonchev–Trinajstić information content (AvgIpc) is 2.60. The van der Waals surface area contributed by atoms with E-state index in [4.69, 9.17) is 0 Å². The lowest BCUT2D eigenvalue weighted by molar-refractivity contribution is -0.135. The van der Waals surface area contributed by atoms with Crippen molar-refractivity contribution in [2.24, 2.45) is 11.8 Å². The first-order valence-corrected chi connectivity index (χ1v) is 7.62. The number of unbranched alkanes of at least 4 members (excludes halogenated alkanes) is 1. The van der Waals surface area contributed by atoms with Crippen LogP contribution in [-0.2, 0) is 4.79 Å². The molecule has 1 saturated heterocycles. The zero-order valence-corrected chi connectivity index (χ0v) is 12.3. The van der Waals surface area contributed by atoms with Crippen LogP contribution in [0.15, 0.2) is 0 Å². The normalized spacial score (nSPS) is 36.3. The van der Waals surface area contributed by atoms with Crippen LogP contribution >= 0.6 is 0 Å². The van der Waals surface area contributed by atoms with Crippen molar-refractivity contribution in [3.63, 3.8) is 0 Å². The van der Waals surface area contributed by atoms with Gasteiger partial charge in [0.1, 0.15) is 0 Å². The molecule has 0 aromatic rings. The minimum Gasteiger partial charge on any atom is -0.323 e. The summed E-state index contributed by atoms with van der Waals surface area (Å²) in [6.07, 6.45) is 5.95. The van der Waals surface area contributed by atoms with E-state index in [-0.39, 0.29) is 12.2 Å². The summed E-state index contributed by atoms with van der Waals surface area (Å²) in [4.78, 5) is 14.7. The maximum absolute atomic E-state index is 12.5. The van der Waals surface area contributed by atoms with E-state index >= 15 is 0 Å². The molecule has 1 heterocycles. The zero-order chi connectivity index (χ0) is 13.3. The van der Waals surface area contributed by atoms with Gasteiger partial charge in [-0.3, -0.25) is 10.1 Å². The van der Waals surface area contributed by atoms with E-state index in [9.17, 15) is 4.79 Å². The molecule has 2 atom stereocenters. The van der Waals surface area contributed by atoms with Crippen LogP contribution in [0.4, 0.5) is 0 Å². The molecule has 1 aliphatic carbocycles. The van der Waals surface area contributed by atoms with Crippen molar-refractivity contribution < 1.29 is 4.79 Å². The molecule has 104 valence electrons. The molecule has 3 heteroatoms. The zero-order valence-electron chi connectivity index (χ0n) is 12.3. The number of hydrogen-bond acceptors (Lipinski definition) is 2. The monoisotopic (exact) mass is 252 g/mol. The lowest BCUT2D eigenvalue weighted by Crippen LogP contribution is -2.52. The number of carbonyl (C=O) groups is 1. The Morgan fingerprint density at radius 1 is 1.39 bits per heavy atom. The van der Waals surface area contributed by atoms with Crippen molar-refractivity contribution >= 4 is 5.91 Å². The van der Waals surface area contributed by atoms with Crippen LogP contribution in [0, 0.1) is 11.8 Å². The number of carbonyl (C=O) groups excluding carboxylic acids is 1. The fourth-order valence-corrected chi connectivity index (χ4v) is 3.30. The molecule has 2 unspecified atom stereocenters. The molecule has 2 aliphatic rings. The van der Waals surface area contributed by atoms with Crippen molar-refractivity contribution in [3.05, 3.63) is 0 Å². The van der Waals surface area contributed by atoms with E-state index in [1.807, 2.05) is 0 Å². The highest BCUT2D eigenvalue weighted by molar-refractivity contribution is 5.84. The predicted molar refractivity (Wildman–Crippen MR) is 74.1 cm³/mol. The second-order valence-electron chi connectivity index (χ2n) is 6.53. The van der Waals surface area contributed by atoms with E-state index < -0.39 is 0 Å². The van der Waals surface area contributed by atoms with Crippen LogP contribution in [0.2, 0.25) is 0 Å². The molecule has 0 aromatic heterocycles. The SMILES string of the molecule is CCCCC1NC(C(C)C)N(C2CC(C)C2)C1=O. The Hall–Kier alpha value is -0.570. The standard InChI is InChI=1S/C15H28N2O/c1-5-6-7-13-15(18)17(12-8-11(4)9-12)14(16-13)10(2)3/h10-14,16H,5-9H2,1-4H3. The van der Waals surface area contributed by atoms with Crippen molar-refractivity contribution in [1.29, 1.82) is 0 Å². The van der Waals surface area contributed by atoms with E-state index in [1.54, 1.807) is 0 Å². The fourth-order valence-electron chi connectivity index (χ4n) is 3.30. The molecular weight excluding hydrogens is 224 g/mol. The Morgan fingerprint density at radius 3 is 2.56 bits per heavy atom. The molecule has 1 aliphatic heterocycles. The summed E-state index contributed by atoms with van der Waals surface area (Å²) >= 11 is 0. The molecule has 18 heavy (non-hydrogen) atoms. The summed E-state index contributed by atoms with van der Waals surface area (Å²) in [5, 5.41) is 3.57. The summed E-state index contributed by atoms with van der Waals surface area (Å²) in [7, 11) is 0. The van der Waals surface area contributed by atoms with Gasteiger partial charge < -0.3 is 4.90 Å². The van der Waals surface area contributed by atoms with Gasteiger partial charge in [0.25, 0.3) is 0 Å². The van der Waals surface area contributed by atoms with E-state index in [0.29, 0.717) is 17.9 Å². The first kappa shape index (κ1) is 13.9. The molecule has 2 fully saturated rings.